The van der Waals surface area contributed by atoms with Crippen LogP contribution in [0.2, 0.25) is 0 Å². The van der Waals surface area contributed by atoms with Crippen LogP contribution in [0.3, 0.4) is 0 Å². The Labute approximate surface area is 267 Å². The van der Waals surface area contributed by atoms with Gasteiger partial charge < -0.3 is 23.8 Å². The first-order valence-electron chi connectivity index (χ1n) is 14.1. The maximum absolute atomic E-state index is 15.2. The fourth-order valence-electron chi connectivity index (χ4n) is 5.37. The van der Waals surface area contributed by atoms with E-state index in [0.29, 0.717) is 33.6 Å². The Hall–Kier alpha value is -5.13. The number of ether oxygens (including phenoxy) is 2. The lowest BCUT2D eigenvalue weighted by molar-refractivity contribution is -0.286. The normalized spacial score (nSPS) is 14.0. The molecule has 0 atom stereocenters. The van der Waals surface area contributed by atoms with Crippen LogP contribution in [-0.2, 0) is 29.0 Å². The zero-order chi connectivity index (χ0) is 34.1. The smallest absolute Gasteiger partial charge is 0.440 e. The molecule has 0 fully saturated rings. The molecule has 1 aliphatic heterocycles. The fourth-order valence-corrected chi connectivity index (χ4v) is 6.33. The van der Waals surface area contributed by atoms with Crippen molar-refractivity contribution in [2.45, 2.75) is 44.1 Å². The van der Waals surface area contributed by atoms with Crippen LogP contribution in [0.15, 0.2) is 63.9 Å². The summed E-state index contributed by atoms with van der Waals surface area (Å²) in [5, 5.41) is 14.3. The van der Waals surface area contributed by atoms with Crippen LogP contribution in [0.5, 0.6) is 11.5 Å². The van der Waals surface area contributed by atoms with E-state index in [1.165, 1.54) is 24.3 Å². The van der Waals surface area contributed by atoms with Gasteiger partial charge in [0, 0.05) is 56.3 Å². The topological polar surface area (TPSA) is 121 Å². The Morgan fingerprint density at radius 1 is 1.00 bits per heavy atom. The average Bonchev–Trinajstić information content (AvgIpc) is 3.68. The minimum absolute atomic E-state index is 0.150. The number of aliphatic hydroxyl groups is 1. The minimum Gasteiger partial charge on any atom is -0.440 e. The summed E-state index contributed by atoms with van der Waals surface area (Å²) in [6, 6.07) is 13.4. The standard InChI is InChI=1S/C33H27F3N4O6S/c1-17-38-30(19-8-10-26-27(13-19)46-33(35,36)45-26)31(44-17)22-11-18(20-12-24(34)23(16-41)28(14-20)47(6,42)43)7-9-21(22)25-15-29(39-40(25)5)32(2,3)37-4/h7-15,41H,16H2,1-3,5-6H3. The third-order valence-corrected chi connectivity index (χ3v) is 8.94. The molecule has 47 heavy (non-hydrogen) atoms. The summed E-state index contributed by atoms with van der Waals surface area (Å²) >= 11 is 0. The predicted octanol–water partition coefficient (Wildman–Crippen LogP) is 6.90. The van der Waals surface area contributed by atoms with Crippen molar-refractivity contribution in [3.05, 3.63) is 89.0 Å². The van der Waals surface area contributed by atoms with Gasteiger partial charge in [-0.3, -0.25) is 4.68 Å². The Morgan fingerprint density at radius 3 is 2.38 bits per heavy atom. The lowest BCUT2D eigenvalue weighted by Crippen LogP contribution is -2.25. The van der Waals surface area contributed by atoms with E-state index in [4.69, 9.17) is 11.0 Å². The number of oxazole rings is 1. The van der Waals surface area contributed by atoms with Crippen molar-refractivity contribution < 1.29 is 40.6 Å². The molecule has 10 nitrogen and oxygen atoms in total. The number of halogens is 3. The van der Waals surface area contributed by atoms with Crippen LogP contribution >= 0.6 is 0 Å². The molecule has 0 radical (unpaired) electrons. The van der Waals surface area contributed by atoms with Crippen molar-refractivity contribution in [1.29, 1.82) is 0 Å². The second-order valence-corrected chi connectivity index (χ2v) is 13.6. The molecule has 14 heteroatoms. The van der Waals surface area contributed by atoms with Gasteiger partial charge in [-0.2, -0.15) is 5.10 Å². The van der Waals surface area contributed by atoms with Gasteiger partial charge in [-0.05, 0) is 53.6 Å². The molecular weight excluding hydrogens is 637 g/mol. The molecular formula is C33H27F3N4O6S. The molecule has 0 spiro atoms. The number of alkyl halides is 2. The van der Waals surface area contributed by atoms with E-state index in [1.807, 2.05) is 0 Å². The van der Waals surface area contributed by atoms with Crippen LogP contribution in [-0.4, -0.2) is 40.8 Å². The number of aromatic nitrogens is 3. The molecule has 0 aliphatic carbocycles. The summed E-state index contributed by atoms with van der Waals surface area (Å²) in [4.78, 5) is 7.87. The fraction of sp³-hybridized carbons (Fsp3) is 0.242. The third-order valence-electron chi connectivity index (χ3n) is 7.78. The number of aryl methyl sites for hydroxylation is 2. The van der Waals surface area contributed by atoms with Gasteiger partial charge in [0.15, 0.2) is 33.0 Å². The van der Waals surface area contributed by atoms with E-state index in [2.05, 4.69) is 24.4 Å². The molecule has 5 aromatic rings. The van der Waals surface area contributed by atoms with Crippen LogP contribution in [0, 0.1) is 19.3 Å². The number of hydrogen-bond acceptors (Lipinski definition) is 8. The Morgan fingerprint density at radius 2 is 1.70 bits per heavy atom. The highest BCUT2D eigenvalue weighted by Gasteiger charge is 2.43. The molecule has 0 amide bonds. The van der Waals surface area contributed by atoms with Gasteiger partial charge in [0.25, 0.3) is 5.54 Å². The Bertz CT molecular complexity index is 2240. The van der Waals surface area contributed by atoms with Gasteiger partial charge in [0.1, 0.15) is 17.2 Å². The lowest BCUT2D eigenvalue weighted by Gasteiger charge is -2.14. The molecule has 3 heterocycles. The highest BCUT2D eigenvalue weighted by atomic mass is 32.2. The van der Waals surface area contributed by atoms with Crippen molar-refractivity contribution >= 4 is 9.84 Å². The number of benzene rings is 3. The van der Waals surface area contributed by atoms with Gasteiger partial charge in [0.2, 0.25) is 0 Å². The maximum atomic E-state index is 15.2. The van der Waals surface area contributed by atoms with Crippen molar-refractivity contribution in [1.82, 2.24) is 14.8 Å². The molecule has 1 aliphatic rings. The molecule has 1 N–H and O–H groups in total. The number of fused-ring (bicyclic) bond motifs is 1. The second kappa shape index (κ2) is 11.0. The second-order valence-electron chi connectivity index (χ2n) is 11.6. The minimum atomic E-state index is -3.92. The van der Waals surface area contributed by atoms with E-state index in [1.54, 1.807) is 56.8 Å². The van der Waals surface area contributed by atoms with Gasteiger partial charge in [-0.25, -0.2) is 24.4 Å². The van der Waals surface area contributed by atoms with E-state index < -0.39 is 34.1 Å². The van der Waals surface area contributed by atoms with Gasteiger partial charge in [0.05, 0.1) is 17.2 Å². The summed E-state index contributed by atoms with van der Waals surface area (Å²) < 4.78 is 84.8. The monoisotopic (exact) mass is 664 g/mol. The first-order chi connectivity index (χ1) is 22.0. The number of nitrogens with zero attached hydrogens (tertiary/aromatic N) is 4. The SMILES string of the molecule is [C-]#[N+]C(C)(C)c1cc(-c2ccc(-c3cc(F)c(CO)c(S(C)(=O)=O)c3)cc2-c2oc(C)nc2-c2ccc3c(c2)OC(F)(F)O3)n(C)n1. The Kier molecular flexibility index (Phi) is 7.45. The first kappa shape index (κ1) is 31.8. The van der Waals surface area contributed by atoms with Crippen LogP contribution in [0.1, 0.15) is 31.0 Å². The molecule has 0 unspecified atom stereocenters. The van der Waals surface area contributed by atoms with Crippen LogP contribution in [0.25, 0.3) is 49.8 Å². The van der Waals surface area contributed by atoms with E-state index in [-0.39, 0.29) is 44.9 Å². The molecule has 2 aromatic heterocycles. The molecule has 242 valence electrons. The Balaban J connectivity index is 1.60. The summed E-state index contributed by atoms with van der Waals surface area (Å²) in [6.07, 6.45) is -2.90. The van der Waals surface area contributed by atoms with E-state index in [0.717, 1.165) is 12.3 Å². The summed E-state index contributed by atoms with van der Waals surface area (Å²) in [7, 11) is -2.21. The number of rotatable bonds is 7. The van der Waals surface area contributed by atoms with Crippen LogP contribution < -0.4 is 9.47 Å². The van der Waals surface area contributed by atoms with Gasteiger partial charge >= 0.3 is 6.29 Å². The first-order valence-corrected chi connectivity index (χ1v) is 16.0. The van der Waals surface area contributed by atoms with E-state index in [9.17, 15) is 22.3 Å². The molecule has 0 saturated heterocycles. The van der Waals surface area contributed by atoms with Gasteiger partial charge in [-0.1, -0.05) is 12.1 Å². The van der Waals surface area contributed by atoms with E-state index >= 15 is 4.39 Å². The molecule has 0 saturated carbocycles. The average molecular weight is 665 g/mol. The molecule has 3 aromatic carbocycles. The van der Waals surface area contributed by atoms with Crippen molar-refractivity contribution in [3.63, 3.8) is 0 Å². The zero-order valence-corrected chi connectivity index (χ0v) is 26.5. The third kappa shape index (κ3) is 5.72. The van der Waals surface area contributed by atoms with Crippen LogP contribution in [0.4, 0.5) is 13.2 Å². The van der Waals surface area contributed by atoms with Crippen molar-refractivity contribution in [2.75, 3.05) is 6.26 Å². The highest BCUT2D eigenvalue weighted by molar-refractivity contribution is 7.90. The lowest BCUT2D eigenvalue weighted by atomic mass is 9.93. The summed E-state index contributed by atoms with van der Waals surface area (Å²) in [5.74, 6) is -0.788. The van der Waals surface area contributed by atoms with Gasteiger partial charge in [-0.15, -0.1) is 8.78 Å². The number of aliphatic hydroxyl groups excluding tert-OH is 1. The number of sulfone groups is 1. The highest BCUT2D eigenvalue weighted by Crippen LogP contribution is 2.46. The summed E-state index contributed by atoms with van der Waals surface area (Å²) in [5.41, 5.74) is 2.03. The zero-order valence-electron chi connectivity index (χ0n) is 25.7. The van der Waals surface area contributed by atoms with Crippen molar-refractivity contribution in [2.24, 2.45) is 7.05 Å². The van der Waals surface area contributed by atoms with Crippen molar-refractivity contribution in [3.8, 4) is 56.5 Å². The quantitative estimate of drug-likeness (QED) is 0.187. The summed E-state index contributed by atoms with van der Waals surface area (Å²) in [6.45, 7) is 11.9. The molecule has 0 bridgehead atoms. The molecule has 6 rings (SSSR count). The maximum Gasteiger partial charge on any atom is 0.586 e. The largest absolute Gasteiger partial charge is 0.586 e. The number of hydrogen-bond donors (Lipinski definition) is 1. The predicted molar refractivity (Wildman–Crippen MR) is 165 cm³/mol.